The number of aromatic hydroxyl groups is 9. The van der Waals surface area contributed by atoms with E-state index in [4.69, 9.17) is 14.2 Å². The molecule has 338 valence electrons. The van der Waals surface area contributed by atoms with Gasteiger partial charge in [0.1, 0.15) is 87.3 Å². The summed E-state index contributed by atoms with van der Waals surface area (Å²) in [5.74, 6) is -1.73. The lowest BCUT2D eigenvalue weighted by Gasteiger charge is -2.28. The van der Waals surface area contributed by atoms with E-state index in [2.05, 4.69) is 0 Å². The third-order valence-electron chi connectivity index (χ3n) is 13.0. The Morgan fingerprint density at radius 1 is 0.294 bits per heavy atom. The topological polar surface area (TPSA) is 210 Å². The normalized spacial score (nSPS) is 20.0. The van der Waals surface area contributed by atoms with Gasteiger partial charge in [0.2, 0.25) is 0 Å². The van der Waals surface area contributed by atoms with Crippen LogP contribution in [0.15, 0.2) is 152 Å². The molecule has 3 aliphatic rings. The van der Waals surface area contributed by atoms with Gasteiger partial charge >= 0.3 is 0 Å². The molecule has 8 aromatic carbocycles. The minimum atomic E-state index is -0.856. The molecule has 0 saturated heterocycles. The minimum Gasteiger partial charge on any atom is -0.508 e. The van der Waals surface area contributed by atoms with E-state index in [0.29, 0.717) is 72.9 Å². The second kappa shape index (κ2) is 16.2. The molecular weight excluding hydrogens is 865 g/mol. The summed E-state index contributed by atoms with van der Waals surface area (Å²) in [5.41, 5.74) is 6.86. The van der Waals surface area contributed by atoms with Crippen molar-refractivity contribution in [1.29, 1.82) is 0 Å². The fourth-order valence-electron chi connectivity index (χ4n) is 10.2. The molecule has 6 atom stereocenters. The molecule has 68 heavy (non-hydrogen) atoms. The molecule has 0 aliphatic carbocycles. The van der Waals surface area contributed by atoms with Crippen LogP contribution in [-0.4, -0.2) is 46.0 Å². The van der Waals surface area contributed by atoms with Gasteiger partial charge in [-0.1, -0.05) is 60.7 Å². The summed E-state index contributed by atoms with van der Waals surface area (Å²) < 4.78 is 20.6. The zero-order chi connectivity index (χ0) is 47.0. The van der Waals surface area contributed by atoms with Crippen LogP contribution < -0.4 is 14.2 Å². The number of hydrogen-bond donors (Lipinski definition) is 9. The van der Waals surface area contributed by atoms with Gasteiger partial charge in [-0.15, -0.1) is 0 Å². The molecule has 0 radical (unpaired) electrons. The first kappa shape index (κ1) is 41.8. The number of rotatable bonds is 8. The third kappa shape index (κ3) is 7.37. The average Bonchev–Trinajstić information content (AvgIpc) is 4.01. The summed E-state index contributed by atoms with van der Waals surface area (Å²) in [4.78, 5) is 0. The molecule has 0 bridgehead atoms. The standard InChI is InChI=1S/C56H42O12/c57-34-11-2-28(3-12-34)1-4-32-19-40(63)25-45-48(32)52(55(66-45)30-7-15-36(59)16-8-30)44-24-42(65)27-47-51(44)53(56(68-47)31-9-17-37(60)18-10-31)43-23-41(64)26-46-50(43)49(33-20-38(61)22-39(62)21-33)54(67-46)29-5-13-35(58)14-6-29/h1-27,49,52-65H/t49-,52-,53+,54+,55+,56-/m0/s1. The molecule has 0 fully saturated rings. The lowest BCUT2D eigenvalue weighted by Crippen LogP contribution is -2.18. The van der Waals surface area contributed by atoms with Gasteiger partial charge in [-0.05, 0) is 123 Å². The molecule has 12 heteroatoms. The molecule has 3 heterocycles. The van der Waals surface area contributed by atoms with E-state index >= 15 is 0 Å². The fraction of sp³-hybridized carbons (Fsp3) is 0.107. The second-order valence-electron chi connectivity index (χ2n) is 17.4. The number of phenols is 9. The van der Waals surface area contributed by atoms with Crippen LogP contribution in [0, 0.1) is 0 Å². The molecule has 8 aromatic rings. The fourth-order valence-corrected chi connectivity index (χ4v) is 10.2. The smallest absolute Gasteiger partial charge is 0.135 e. The Morgan fingerprint density at radius 3 is 1.10 bits per heavy atom. The van der Waals surface area contributed by atoms with E-state index in [9.17, 15) is 46.0 Å². The van der Waals surface area contributed by atoms with Crippen molar-refractivity contribution in [2.75, 3.05) is 0 Å². The highest BCUT2D eigenvalue weighted by molar-refractivity contribution is 5.76. The monoisotopic (exact) mass is 906 g/mol. The Kier molecular flexibility index (Phi) is 9.96. The number of benzene rings is 8. The van der Waals surface area contributed by atoms with E-state index in [1.807, 2.05) is 12.2 Å². The van der Waals surface area contributed by atoms with Crippen LogP contribution in [0.4, 0.5) is 0 Å². The predicted molar refractivity (Wildman–Crippen MR) is 251 cm³/mol. The van der Waals surface area contributed by atoms with Crippen molar-refractivity contribution in [3.63, 3.8) is 0 Å². The van der Waals surface area contributed by atoms with Gasteiger partial charge in [0, 0.05) is 41.0 Å². The molecule has 11 rings (SSSR count). The Balaban J connectivity index is 1.18. The van der Waals surface area contributed by atoms with Crippen molar-refractivity contribution >= 4 is 12.2 Å². The van der Waals surface area contributed by atoms with Crippen LogP contribution in [0.2, 0.25) is 0 Å². The number of hydrogen-bond acceptors (Lipinski definition) is 12. The van der Waals surface area contributed by atoms with Crippen molar-refractivity contribution in [2.45, 2.75) is 36.1 Å². The van der Waals surface area contributed by atoms with Crippen LogP contribution >= 0.6 is 0 Å². The van der Waals surface area contributed by atoms with Crippen LogP contribution in [0.25, 0.3) is 12.2 Å². The Bertz CT molecular complexity index is 3250. The molecule has 0 amide bonds. The maximum atomic E-state index is 11.8. The van der Waals surface area contributed by atoms with Gasteiger partial charge in [-0.2, -0.15) is 0 Å². The molecular formula is C56H42O12. The van der Waals surface area contributed by atoms with Crippen LogP contribution in [0.5, 0.6) is 69.0 Å². The van der Waals surface area contributed by atoms with Crippen molar-refractivity contribution in [1.82, 2.24) is 0 Å². The van der Waals surface area contributed by atoms with Crippen molar-refractivity contribution < 1.29 is 60.2 Å². The summed E-state index contributed by atoms with van der Waals surface area (Å²) in [6, 6.07) is 40.2. The lowest BCUT2D eigenvalue weighted by molar-refractivity contribution is 0.219. The predicted octanol–water partition coefficient (Wildman–Crippen LogP) is 11.0. The Labute approximate surface area is 389 Å². The first-order valence-corrected chi connectivity index (χ1v) is 21.8. The van der Waals surface area contributed by atoms with Gasteiger partial charge < -0.3 is 60.2 Å². The van der Waals surface area contributed by atoms with Crippen LogP contribution in [-0.2, 0) is 0 Å². The maximum Gasteiger partial charge on any atom is 0.135 e. The van der Waals surface area contributed by atoms with Crippen LogP contribution in [0.1, 0.15) is 97.3 Å². The van der Waals surface area contributed by atoms with Gasteiger partial charge in [0.05, 0.1) is 17.8 Å². The largest absolute Gasteiger partial charge is 0.508 e. The van der Waals surface area contributed by atoms with E-state index in [-0.39, 0.29) is 51.7 Å². The molecule has 9 N–H and O–H groups in total. The van der Waals surface area contributed by atoms with Gasteiger partial charge in [-0.25, -0.2) is 0 Å². The third-order valence-corrected chi connectivity index (χ3v) is 13.0. The van der Waals surface area contributed by atoms with E-state index < -0.39 is 36.1 Å². The van der Waals surface area contributed by atoms with E-state index in [1.54, 1.807) is 115 Å². The minimum absolute atomic E-state index is 0.0267. The second-order valence-corrected chi connectivity index (χ2v) is 17.4. The quantitative estimate of drug-likeness (QED) is 0.0652. The Morgan fingerprint density at radius 2 is 0.647 bits per heavy atom. The maximum absolute atomic E-state index is 11.8. The molecule has 0 unspecified atom stereocenters. The lowest BCUT2D eigenvalue weighted by atomic mass is 9.73. The highest BCUT2D eigenvalue weighted by atomic mass is 16.5. The van der Waals surface area contributed by atoms with Crippen molar-refractivity contribution in [2.24, 2.45) is 0 Å². The van der Waals surface area contributed by atoms with Crippen LogP contribution in [0.3, 0.4) is 0 Å². The highest BCUT2D eigenvalue weighted by Crippen LogP contribution is 2.63. The number of phenolic OH excluding ortho intramolecular Hbond substituents is 9. The summed E-state index contributed by atoms with van der Waals surface area (Å²) in [6.07, 6.45) is 1.25. The molecule has 0 spiro atoms. The summed E-state index contributed by atoms with van der Waals surface area (Å²) >= 11 is 0. The number of ether oxygens (including phenoxy) is 3. The van der Waals surface area contributed by atoms with E-state index in [1.165, 1.54) is 36.4 Å². The highest BCUT2D eigenvalue weighted by Gasteiger charge is 2.49. The summed E-state index contributed by atoms with van der Waals surface area (Å²) in [5, 5.41) is 97.7. The summed E-state index contributed by atoms with van der Waals surface area (Å²) in [6.45, 7) is 0. The van der Waals surface area contributed by atoms with Gasteiger partial charge in [0.15, 0.2) is 0 Å². The Hall–Kier alpha value is -8.90. The SMILES string of the molecule is Oc1ccc(C=Cc2cc(O)cc3c2[C@H](c2cc(O)cc4c2[C@@H](c2cc(O)cc5c2[C@H](c2cc(O)cc(O)c2)[C@@H](c2ccc(O)cc2)O5)[C@H](c2ccc(O)cc2)O4)[C@@H](c2ccc(O)cc2)O3)cc1. The van der Waals surface area contributed by atoms with E-state index in [0.717, 1.165) is 5.56 Å². The van der Waals surface area contributed by atoms with Crippen molar-refractivity contribution in [3.8, 4) is 69.0 Å². The molecule has 0 saturated carbocycles. The first-order valence-electron chi connectivity index (χ1n) is 21.8. The van der Waals surface area contributed by atoms with Gasteiger partial charge in [0.25, 0.3) is 0 Å². The summed E-state index contributed by atoms with van der Waals surface area (Å²) in [7, 11) is 0. The molecule has 3 aliphatic heterocycles. The first-order chi connectivity index (χ1) is 32.8. The molecule has 0 aromatic heterocycles. The van der Waals surface area contributed by atoms with Crippen molar-refractivity contribution in [3.05, 3.63) is 213 Å². The zero-order valence-corrected chi connectivity index (χ0v) is 35.8. The number of fused-ring (bicyclic) bond motifs is 3. The molecule has 12 nitrogen and oxygen atoms in total. The average molecular weight is 907 g/mol. The van der Waals surface area contributed by atoms with Gasteiger partial charge in [-0.3, -0.25) is 0 Å². The zero-order valence-electron chi connectivity index (χ0n) is 35.8.